The number of amides is 1. The van der Waals surface area contributed by atoms with Gasteiger partial charge in [-0.05, 0) is 37.9 Å². The molecule has 4 nitrogen and oxygen atoms in total. The van der Waals surface area contributed by atoms with E-state index in [1.54, 1.807) is 0 Å². The molecule has 4 rings (SSSR count). The highest BCUT2D eigenvalue weighted by atomic mass is 16.5. The van der Waals surface area contributed by atoms with Crippen LogP contribution in [0.4, 0.5) is 0 Å². The zero-order valence-electron chi connectivity index (χ0n) is 12.3. The van der Waals surface area contributed by atoms with Crippen molar-refractivity contribution in [3.8, 4) is 0 Å². The number of likely N-dealkylation sites (tertiary alicyclic amines) is 1. The zero-order chi connectivity index (χ0) is 14.3. The number of ether oxygens (including phenoxy) is 1. The number of rotatable bonds is 5. The fourth-order valence-corrected chi connectivity index (χ4v) is 3.29. The van der Waals surface area contributed by atoms with Crippen molar-refractivity contribution in [2.45, 2.75) is 30.2 Å². The Bertz CT molecular complexity index is 531. The number of carbonyl (C=O) groups excluding carboxylic acids is 1. The van der Waals surface area contributed by atoms with Crippen LogP contribution in [0.5, 0.6) is 0 Å². The molecular formula is C17H22N2O2. The van der Waals surface area contributed by atoms with Gasteiger partial charge in [0.25, 0.3) is 0 Å². The average molecular weight is 286 g/mol. The van der Waals surface area contributed by atoms with Crippen LogP contribution in [-0.4, -0.2) is 49.2 Å². The maximum Gasteiger partial charge on any atom is 0.235 e. The first-order valence-corrected chi connectivity index (χ1v) is 7.91. The number of hydrogen-bond acceptors (Lipinski definition) is 3. The highest BCUT2D eigenvalue weighted by Crippen LogP contribution is 2.40. The van der Waals surface area contributed by atoms with Gasteiger partial charge in [-0.15, -0.1) is 0 Å². The molecule has 21 heavy (non-hydrogen) atoms. The van der Waals surface area contributed by atoms with Gasteiger partial charge < -0.3 is 15.0 Å². The topological polar surface area (TPSA) is 41.6 Å². The van der Waals surface area contributed by atoms with E-state index in [0.29, 0.717) is 13.2 Å². The van der Waals surface area contributed by atoms with Crippen LogP contribution in [0.25, 0.3) is 0 Å². The fraction of sp³-hybridized carbons (Fsp3) is 0.588. The Kier molecular flexibility index (Phi) is 3.05. The first-order valence-electron chi connectivity index (χ1n) is 7.91. The summed E-state index contributed by atoms with van der Waals surface area (Å²) in [5.41, 5.74) is 0.647. The molecule has 1 aliphatic carbocycles. The minimum atomic E-state index is -0.466. The van der Waals surface area contributed by atoms with Gasteiger partial charge in [-0.3, -0.25) is 4.79 Å². The Morgan fingerprint density at radius 2 is 1.90 bits per heavy atom. The van der Waals surface area contributed by atoms with Crippen LogP contribution in [-0.2, 0) is 14.9 Å². The van der Waals surface area contributed by atoms with E-state index in [1.165, 1.54) is 19.5 Å². The molecule has 0 radical (unpaired) electrons. The first-order chi connectivity index (χ1) is 10.2. The summed E-state index contributed by atoms with van der Waals surface area (Å²) >= 11 is 0. The van der Waals surface area contributed by atoms with E-state index in [-0.39, 0.29) is 11.4 Å². The third-order valence-corrected chi connectivity index (χ3v) is 5.17. The van der Waals surface area contributed by atoms with Crippen LogP contribution in [0.15, 0.2) is 30.3 Å². The molecule has 1 amide bonds. The summed E-state index contributed by atoms with van der Waals surface area (Å²) in [5.74, 6) is 0.151. The van der Waals surface area contributed by atoms with E-state index >= 15 is 0 Å². The zero-order valence-corrected chi connectivity index (χ0v) is 12.3. The van der Waals surface area contributed by atoms with Crippen molar-refractivity contribution < 1.29 is 9.53 Å². The van der Waals surface area contributed by atoms with Crippen molar-refractivity contribution >= 4 is 5.91 Å². The molecule has 0 bridgehead atoms. The lowest BCUT2D eigenvalue weighted by Crippen LogP contribution is -2.61. The van der Waals surface area contributed by atoms with Gasteiger partial charge >= 0.3 is 0 Å². The van der Waals surface area contributed by atoms with Gasteiger partial charge in [0, 0.05) is 6.54 Å². The second kappa shape index (κ2) is 4.82. The third kappa shape index (κ3) is 2.27. The average Bonchev–Trinajstić information content (AvgIpc) is 3.14. The molecular weight excluding hydrogens is 264 g/mol. The SMILES string of the molecule is O=C(NC1(CN2CCC2)CC1)C1(c2ccccc2)COC1. The van der Waals surface area contributed by atoms with Crippen LogP contribution in [0, 0.1) is 0 Å². The summed E-state index contributed by atoms with van der Waals surface area (Å²) in [6, 6.07) is 10.1. The molecule has 2 aliphatic heterocycles. The molecule has 1 aromatic rings. The number of nitrogens with one attached hydrogen (secondary N) is 1. The molecule has 0 atom stereocenters. The molecule has 4 heteroatoms. The van der Waals surface area contributed by atoms with Gasteiger partial charge in [-0.2, -0.15) is 0 Å². The minimum Gasteiger partial charge on any atom is -0.378 e. The van der Waals surface area contributed by atoms with Crippen LogP contribution in [0.2, 0.25) is 0 Å². The van der Waals surface area contributed by atoms with E-state index < -0.39 is 5.41 Å². The van der Waals surface area contributed by atoms with E-state index in [2.05, 4.69) is 10.2 Å². The second-order valence-corrected chi connectivity index (χ2v) is 6.81. The Morgan fingerprint density at radius 1 is 1.19 bits per heavy atom. The molecule has 3 aliphatic rings. The molecule has 1 saturated carbocycles. The predicted molar refractivity (Wildman–Crippen MR) is 80.1 cm³/mol. The molecule has 1 N–H and O–H groups in total. The Balaban J connectivity index is 1.48. The minimum absolute atomic E-state index is 0.0366. The maximum atomic E-state index is 12.9. The van der Waals surface area contributed by atoms with E-state index in [0.717, 1.165) is 24.9 Å². The van der Waals surface area contributed by atoms with Crippen molar-refractivity contribution in [3.63, 3.8) is 0 Å². The van der Waals surface area contributed by atoms with E-state index in [1.807, 2.05) is 30.3 Å². The summed E-state index contributed by atoms with van der Waals surface area (Å²) in [6.45, 7) is 4.39. The first kappa shape index (κ1) is 13.3. The van der Waals surface area contributed by atoms with Crippen molar-refractivity contribution in [2.24, 2.45) is 0 Å². The molecule has 112 valence electrons. The van der Waals surface area contributed by atoms with Crippen molar-refractivity contribution in [2.75, 3.05) is 32.8 Å². The molecule has 3 fully saturated rings. The largest absolute Gasteiger partial charge is 0.378 e. The maximum absolute atomic E-state index is 12.9. The lowest BCUT2D eigenvalue weighted by atomic mass is 9.77. The van der Waals surface area contributed by atoms with Crippen molar-refractivity contribution in [3.05, 3.63) is 35.9 Å². The molecule has 2 heterocycles. The number of nitrogens with zero attached hydrogens (tertiary/aromatic N) is 1. The molecule has 0 aromatic heterocycles. The Hall–Kier alpha value is -1.39. The monoisotopic (exact) mass is 286 g/mol. The van der Waals surface area contributed by atoms with Crippen LogP contribution >= 0.6 is 0 Å². The number of benzene rings is 1. The van der Waals surface area contributed by atoms with E-state index in [4.69, 9.17) is 4.74 Å². The Labute approximate surface area is 125 Å². The molecule has 2 saturated heterocycles. The van der Waals surface area contributed by atoms with Gasteiger partial charge in [-0.1, -0.05) is 30.3 Å². The summed E-state index contributed by atoms with van der Waals surface area (Å²) in [4.78, 5) is 15.3. The highest BCUT2D eigenvalue weighted by Gasteiger charge is 2.53. The second-order valence-electron chi connectivity index (χ2n) is 6.81. The Morgan fingerprint density at radius 3 is 2.38 bits per heavy atom. The lowest BCUT2D eigenvalue weighted by molar-refractivity contribution is -0.146. The molecule has 0 spiro atoms. The smallest absolute Gasteiger partial charge is 0.235 e. The van der Waals surface area contributed by atoms with Crippen molar-refractivity contribution in [1.29, 1.82) is 0 Å². The number of carbonyl (C=O) groups is 1. The van der Waals surface area contributed by atoms with Gasteiger partial charge in [-0.25, -0.2) is 0 Å². The van der Waals surface area contributed by atoms with Gasteiger partial charge in [0.2, 0.25) is 5.91 Å². The lowest BCUT2D eigenvalue weighted by Gasteiger charge is -2.42. The summed E-state index contributed by atoms with van der Waals surface area (Å²) in [6.07, 6.45) is 3.52. The standard InChI is InChI=1S/C17H22N2O2/c20-15(18-16(7-8-16)11-19-9-4-10-19)17(12-21-13-17)14-5-2-1-3-6-14/h1-3,5-6H,4,7-13H2,(H,18,20). The number of hydrogen-bond donors (Lipinski definition) is 1. The summed E-state index contributed by atoms with van der Waals surface area (Å²) < 4.78 is 5.39. The van der Waals surface area contributed by atoms with Crippen LogP contribution in [0.3, 0.4) is 0 Å². The fourth-order valence-electron chi connectivity index (χ4n) is 3.29. The van der Waals surface area contributed by atoms with Crippen molar-refractivity contribution in [1.82, 2.24) is 10.2 Å². The highest BCUT2D eigenvalue weighted by molar-refractivity contribution is 5.90. The third-order valence-electron chi connectivity index (χ3n) is 5.17. The molecule has 0 unspecified atom stereocenters. The predicted octanol–water partition coefficient (Wildman–Crippen LogP) is 1.31. The van der Waals surface area contributed by atoms with Crippen LogP contribution < -0.4 is 5.32 Å². The summed E-state index contributed by atoms with van der Waals surface area (Å²) in [7, 11) is 0. The quantitative estimate of drug-likeness (QED) is 0.887. The normalized spacial score (nSPS) is 25.5. The van der Waals surface area contributed by atoms with Gasteiger partial charge in [0.15, 0.2) is 0 Å². The van der Waals surface area contributed by atoms with E-state index in [9.17, 15) is 4.79 Å². The summed E-state index contributed by atoms with van der Waals surface area (Å²) in [5, 5.41) is 3.35. The van der Waals surface area contributed by atoms with Gasteiger partial charge in [0.1, 0.15) is 5.41 Å². The molecule has 1 aromatic carbocycles. The van der Waals surface area contributed by atoms with Gasteiger partial charge in [0.05, 0.1) is 18.8 Å². The van der Waals surface area contributed by atoms with Crippen LogP contribution in [0.1, 0.15) is 24.8 Å².